The Morgan fingerprint density at radius 1 is 0.971 bits per heavy atom. The number of aryl methyl sites for hydroxylation is 1. The number of hydrogen-bond acceptors (Lipinski definition) is 6. The van der Waals surface area contributed by atoms with Gasteiger partial charge in [-0.3, -0.25) is 14.1 Å². The first-order valence-corrected chi connectivity index (χ1v) is 11.2. The van der Waals surface area contributed by atoms with E-state index in [2.05, 4.69) is 16.0 Å². The molecule has 5 aromatic rings. The Kier molecular flexibility index (Phi) is 5.13. The highest BCUT2D eigenvalue weighted by Crippen LogP contribution is 2.28. The molecule has 1 aromatic carbocycles. The molecule has 0 unspecified atom stereocenters. The topological polar surface area (TPSA) is 92.6 Å². The smallest absolute Gasteiger partial charge is 0.333 e. The summed E-state index contributed by atoms with van der Waals surface area (Å²) in [6, 6.07) is 17.6. The number of fused-ring (bicyclic) bond motifs is 3. The van der Waals surface area contributed by atoms with E-state index in [1.54, 1.807) is 28.6 Å². The molecule has 4 heterocycles. The van der Waals surface area contributed by atoms with E-state index in [0.717, 1.165) is 22.6 Å². The van der Waals surface area contributed by atoms with Crippen LogP contribution in [0.1, 0.15) is 19.4 Å². The number of nitrogens with zero attached hydrogens (tertiary/aromatic N) is 7. The molecule has 0 N–H and O–H groups in total. The lowest BCUT2D eigenvalue weighted by molar-refractivity contribution is 0.686. The Morgan fingerprint density at radius 2 is 1.71 bits per heavy atom. The van der Waals surface area contributed by atoms with Crippen molar-refractivity contribution in [2.75, 3.05) is 19.0 Å². The summed E-state index contributed by atoms with van der Waals surface area (Å²) in [4.78, 5) is 29.3. The number of hydrogen-bond donors (Lipinski definition) is 0. The van der Waals surface area contributed by atoms with Gasteiger partial charge in [0.05, 0.1) is 40.1 Å². The maximum Gasteiger partial charge on any atom is 0.333 e. The van der Waals surface area contributed by atoms with E-state index >= 15 is 0 Å². The average molecular weight is 464 g/mol. The van der Waals surface area contributed by atoms with Crippen molar-refractivity contribution < 1.29 is 0 Å². The molecule has 4 aromatic heterocycles. The molecule has 0 bridgehead atoms. The van der Waals surface area contributed by atoms with Gasteiger partial charge < -0.3 is 4.90 Å². The summed E-state index contributed by atoms with van der Waals surface area (Å²) < 4.78 is 3.24. The fourth-order valence-electron chi connectivity index (χ4n) is 4.15. The molecule has 5 rings (SSSR count). The molecule has 174 valence electrons. The average Bonchev–Trinajstić information content (AvgIpc) is 3.14. The molecular formula is C27H25N7O. The third-order valence-corrected chi connectivity index (χ3v) is 6.36. The first-order chi connectivity index (χ1) is 16.7. The zero-order valence-electron chi connectivity index (χ0n) is 20.3. The van der Waals surface area contributed by atoms with E-state index < -0.39 is 5.41 Å². The van der Waals surface area contributed by atoms with Crippen molar-refractivity contribution in [3.05, 3.63) is 77.0 Å². The van der Waals surface area contributed by atoms with Crippen molar-refractivity contribution in [3.63, 3.8) is 0 Å². The molecule has 8 heteroatoms. The minimum Gasteiger partial charge on any atom is -0.363 e. The molecule has 0 fully saturated rings. The molecule has 0 aliphatic carbocycles. The predicted octanol–water partition coefficient (Wildman–Crippen LogP) is 4.20. The fraction of sp³-hybridized carbons (Fsp3) is 0.222. The zero-order chi connectivity index (χ0) is 24.9. The van der Waals surface area contributed by atoms with Gasteiger partial charge in [0.25, 0.3) is 0 Å². The van der Waals surface area contributed by atoms with Gasteiger partial charge in [-0.1, -0.05) is 12.1 Å². The van der Waals surface area contributed by atoms with Crippen LogP contribution in [-0.2, 0) is 12.5 Å². The Labute approximate surface area is 202 Å². The summed E-state index contributed by atoms with van der Waals surface area (Å²) in [5, 5.41) is 9.47. The highest BCUT2D eigenvalue weighted by atomic mass is 16.1. The van der Waals surface area contributed by atoms with Crippen LogP contribution in [0.25, 0.3) is 39.0 Å². The van der Waals surface area contributed by atoms with Crippen LogP contribution in [0.4, 0.5) is 5.82 Å². The van der Waals surface area contributed by atoms with Gasteiger partial charge in [0.15, 0.2) is 0 Å². The highest BCUT2D eigenvalue weighted by molar-refractivity contribution is 6.01. The van der Waals surface area contributed by atoms with Gasteiger partial charge in [-0.15, -0.1) is 0 Å². The molecule has 0 aliphatic heterocycles. The lowest BCUT2D eigenvalue weighted by atomic mass is 9.86. The second kappa shape index (κ2) is 8.06. The Morgan fingerprint density at radius 3 is 2.34 bits per heavy atom. The maximum absolute atomic E-state index is 13.3. The molecule has 0 aliphatic rings. The summed E-state index contributed by atoms with van der Waals surface area (Å²) >= 11 is 0. The van der Waals surface area contributed by atoms with Crippen LogP contribution < -0.4 is 10.6 Å². The van der Waals surface area contributed by atoms with Crippen LogP contribution >= 0.6 is 0 Å². The number of rotatable bonds is 4. The standard InChI is InChI=1S/C27H25N7O/c1-27(2,16-28)18-7-9-19(10-8-18)34-25-22(33(5)26(34)35)15-29-21-12-11-20(31-24(21)25)17-6-13-23(30-14-17)32(3)4/h6-15H,1-5H3. The minimum absolute atomic E-state index is 0.189. The van der Waals surface area contributed by atoms with Gasteiger partial charge >= 0.3 is 5.69 Å². The van der Waals surface area contributed by atoms with Gasteiger partial charge in [0.2, 0.25) is 0 Å². The van der Waals surface area contributed by atoms with Crippen molar-refractivity contribution in [1.29, 1.82) is 5.26 Å². The van der Waals surface area contributed by atoms with Gasteiger partial charge in [-0.25, -0.2) is 14.8 Å². The summed E-state index contributed by atoms with van der Waals surface area (Å²) in [5.41, 5.74) is 5.12. The minimum atomic E-state index is -0.620. The maximum atomic E-state index is 13.3. The van der Waals surface area contributed by atoms with Crippen LogP contribution in [0.15, 0.2) is 65.7 Å². The molecular weight excluding hydrogens is 438 g/mol. The number of pyridine rings is 3. The van der Waals surface area contributed by atoms with Gasteiger partial charge in [-0.05, 0) is 55.8 Å². The van der Waals surface area contributed by atoms with Crippen LogP contribution in [0.2, 0.25) is 0 Å². The van der Waals surface area contributed by atoms with E-state index in [-0.39, 0.29) is 5.69 Å². The molecule has 0 amide bonds. The molecule has 0 radical (unpaired) electrons. The molecule has 0 saturated heterocycles. The number of nitriles is 1. The molecule has 0 saturated carbocycles. The number of benzene rings is 1. The zero-order valence-corrected chi connectivity index (χ0v) is 20.3. The largest absolute Gasteiger partial charge is 0.363 e. The van der Waals surface area contributed by atoms with Crippen molar-refractivity contribution in [2.24, 2.45) is 7.05 Å². The van der Waals surface area contributed by atoms with E-state index in [9.17, 15) is 10.1 Å². The monoisotopic (exact) mass is 463 g/mol. The van der Waals surface area contributed by atoms with Gasteiger partial charge in [0.1, 0.15) is 16.9 Å². The van der Waals surface area contributed by atoms with E-state index in [4.69, 9.17) is 4.98 Å². The van der Waals surface area contributed by atoms with Gasteiger partial charge in [-0.2, -0.15) is 5.26 Å². The molecule has 35 heavy (non-hydrogen) atoms. The lowest BCUT2D eigenvalue weighted by Crippen LogP contribution is -2.21. The Bertz CT molecular complexity index is 1670. The lowest BCUT2D eigenvalue weighted by Gasteiger charge is -2.16. The van der Waals surface area contributed by atoms with Crippen LogP contribution in [0.5, 0.6) is 0 Å². The SMILES string of the molecule is CN(C)c1ccc(-c2ccc3ncc4c(c3n2)n(-c2ccc(C(C)(C)C#N)cc2)c(=O)n4C)cn1. The molecule has 0 atom stereocenters. The number of anilines is 1. The summed E-state index contributed by atoms with van der Waals surface area (Å²) in [7, 11) is 5.62. The second-order valence-corrected chi connectivity index (χ2v) is 9.32. The van der Waals surface area contributed by atoms with Crippen molar-refractivity contribution in [3.8, 4) is 23.0 Å². The quantitative estimate of drug-likeness (QED) is 0.397. The summed E-state index contributed by atoms with van der Waals surface area (Å²) in [5.74, 6) is 0.860. The fourth-order valence-corrected chi connectivity index (χ4v) is 4.15. The van der Waals surface area contributed by atoms with E-state index in [1.165, 1.54) is 0 Å². The first kappa shape index (κ1) is 22.3. The Balaban J connectivity index is 1.73. The molecule has 8 nitrogen and oxygen atoms in total. The van der Waals surface area contributed by atoms with Crippen molar-refractivity contribution in [1.82, 2.24) is 24.1 Å². The molecule has 0 spiro atoms. The van der Waals surface area contributed by atoms with Crippen LogP contribution in [0, 0.1) is 11.3 Å². The normalized spacial score (nSPS) is 11.7. The van der Waals surface area contributed by atoms with Gasteiger partial charge in [0, 0.05) is 32.9 Å². The first-order valence-electron chi connectivity index (χ1n) is 11.2. The Hall–Kier alpha value is -4.51. The number of imidazole rings is 1. The summed E-state index contributed by atoms with van der Waals surface area (Å²) in [6.07, 6.45) is 3.50. The second-order valence-electron chi connectivity index (χ2n) is 9.32. The van der Waals surface area contributed by atoms with Crippen molar-refractivity contribution >= 4 is 27.9 Å². The third kappa shape index (κ3) is 3.62. The van der Waals surface area contributed by atoms with Crippen LogP contribution in [-0.4, -0.2) is 38.2 Å². The summed E-state index contributed by atoms with van der Waals surface area (Å²) in [6.45, 7) is 3.74. The van der Waals surface area contributed by atoms with Crippen LogP contribution in [0.3, 0.4) is 0 Å². The third-order valence-electron chi connectivity index (χ3n) is 6.36. The predicted molar refractivity (Wildman–Crippen MR) is 138 cm³/mol. The van der Waals surface area contributed by atoms with Crippen molar-refractivity contribution in [2.45, 2.75) is 19.3 Å². The highest BCUT2D eigenvalue weighted by Gasteiger charge is 2.21. The van der Waals surface area contributed by atoms with E-state index in [0.29, 0.717) is 27.8 Å². The number of aromatic nitrogens is 5. The van der Waals surface area contributed by atoms with E-state index in [1.807, 2.05) is 81.4 Å².